The molecule has 1 saturated heterocycles. The third-order valence-corrected chi connectivity index (χ3v) is 6.70. The van der Waals surface area contributed by atoms with E-state index in [1.54, 1.807) is 6.92 Å². The molecular weight excluding hydrogens is 457 g/mol. The molecule has 12 heteroatoms. The van der Waals surface area contributed by atoms with Crippen LogP contribution in [0.3, 0.4) is 0 Å². The highest BCUT2D eigenvalue weighted by Crippen LogP contribution is 2.38. The average molecular weight is 479 g/mol. The average Bonchev–Trinajstić information content (AvgIpc) is 3.17. The fourth-order valence-electron chi connectivity index (χ4n) is 4.01. The first-order chi connectivity index (χ1) is 15.8. The Morgan fingerprint density at radius 2 is 1.94 bits per heavy atom. The van der Waals surface area contributed by atoms with E-state index < -0.39 is 17.0 Å². The summed E-state index contributed by atoms with van der Waals surface area (Å²) in [7, 11) is 0. The number of fused-ring (bicyclic) bond motifs is 2. The van der Waals surface area contributed by atoms with Crippen molar-refractivity contribution in [2.24, 2.45) is 9.98 Å². The van der Waals surface area contributed by atoms with E-state index >= 15 is 0 Å². The standard InChI is InChI=1S/C21H21F3N6O2S/c1-2-32-20-27-16-15-13(21(22,23)24)11-14(12-3-7-30(31)8-4-12)26-19(15)33-17(16)18(28-20)29-9-5-25-6-10-29/h3-4,7-8,11,17,25,31H,2,5-6,9-10H2,1H3. The number of hydroxylamine groups is 2. The van der Waals surface area contributed by atoms with Crippen LogP contribution < -0.4 is 15.9 Å². The maximum absolute atomic E-state index is 14.2. The lowest BCUT2D eigenvalue weighted by atomic mass is 10.1. The van der Waals surface area contributed by atoms with Crippen LogP contribution in [-0.2, 0) is 10.9 Å². The molecule has 2 N–H and O–H groups in total. The Bertz CT molecular complexity index is 1200. The lowest BCUT2D eigenvalue weighted by molar-refractivity contribution is -0.138. The Morgan fingerprint density at radius 1 is 1.21 bits per heavy atom. The number of rotatable bonds is 1. The number of pyridine rings is 1. The van der Waals surface area contributed by atoms with Crippen LogP contribution in [0.1, 0.15) is 12.5 Å². The first-order valence-electron chi connectivity index (χ1n) is 10.5. The molecule has 1 fully saturated rings. The molecule has 1 atom stereocenters. The Morgan fingerprint density at radius 3 is 2.61 bits per heavy atom. The predicted molar refractivity (Wildman–Crippen MR) is 118 cm³/mol. The van der Waals surface area contributed by atoms with E-state index in [-0.39, 0.29) is 27.3 Å². The minimum absolute atomic E-state index is 0.0193. The summed E-state index contributed by atoms with van der Waals surface area (Å²) >= 11 is 1.23. The zero-order chi connectivity index (χ0) is 23.2. The summed E-state index contributed by atoms with van der Waals surface area (Å²) in [6, 6.07) is 1.11. The monoisotopic (exact) mass is 478 g/mol. The van der Waals surface area contributed by atoms with Gasteiger partial charge in [-0.2, -0.15) is 23.2 Å². The number of thioether (sulfide) groups is 1. The highest BCUT2D eigenvalue weighted by Gasteiger charge is 2.42. The molecule has 33 heavy (non-hydrogen) atoms. The molecule has 0 radical (unpaired) electrons. The van der Waals surface area contributed by atoms with E-state index in [1.807, 2.05) is 0 Å². The summed E-state index contributed by atoms with van der Waals surface area (Å²) in [6.07, 6.45) is 1.09. The number of amidine groups is 2. The van der Waals surface area contributed by atoms with Crippen molar-refractivity contribution < 1.29 is 23.1 Å². The normalized spacial score (nSPS) is 22.3. The Kier molecular flexibility index (Phi) is 5.67. The van der Waals surface area contributed by atoms with Crippen molar-refractivity contribution in [3.63, 3.8) is 0 Å². The molecule has 1 aromatic heterocycles. The molecule has 0 amide bonds. The summed E-state index contributed by atoms with van der Waals surface area (Å²) in [5, 5.41) is 13.5. The minimum Gasteiger partial charge on any atom is -0.464 e. The molecule has 5 heterocycles. The van der Waals surface area contributed by atoms with Gasteiger partial charge in [-0.1, -0.05) is 11.8 Å². The van der Waals surface area contributed by atoms with Gasteiger partial charge in [-0.3, -0.25) is 5.21 Å². The van der Waals surface area contributed by atoms with Crippen LogP contribution in [-0.4, -0.2) is 70.0 Å². The number of aliphatic imine (C=N–C) groups is 2. The van der Waals surface area contributed by atoms with Gasteiger partial charge in [0.1, 0.15) is 16.1 Å². The number of hydrogen-bond acceptors (Lipinski definition) is 9. The highest BCUT2D eigenvalue weighted by molar-refractivity contribution is 8.01. The van der Waals surface area contributed by atoms with Crippen LogP contribution in [0.25, 0.3) is 11.3 Å². The highest BCUT2D eigenvalue weighted by atomic mass is 32.2. The van der Waals surface area contributed by atoms with Gasteiger partial charge in [-0.15, -0.1) is 0 Å². The fourth-order valence-corrected chi connectivity index (χ4v) is 5.31. The number of nitrogens with one attached hydrogen (secondary N) is 1. The second-order valence-electron chi connectivity index (χ2n) is 7.62. The van der Waals surface area contributed by atoms with Crippen molar-refractivity contribution in [1.82, 2.24) is 20.3 Å². The lowest BCUT2D eigenvalue weighted by Gasteiger charge is -2.34. The third kappa shape index (κ3) is 4.13. The number of allylic oxidation sites excluding steroid dienone is 2. The van der Waals surface area contributed by atoms with Crippen molar-refractivity contribution in [1.29, 1.82) is 0 Å². The van der Waals surface area contributed by atoms with Crippen LogP contribution >= 0.6 is 11.8 Å². The second-order valence-corrected chi connectivity index (χ2v) is 8.71. The Hall–Kier alpha value is -2.83. The van der Waals surface area contributed by atoms with Crippen molar-refractivity contribution in [3.8, 4) is 0 Å². The summed E-state index contributed by atoms with van der Waals surface area (Å²) in [4.78, 5) is 15.6. The van der Waals surface area contributed by atoms with Gasteiger partial charge in [0.2, 0.25) is 0 Å². The number of hydrogen-bond donors (Lipinski definition) is 2. The number of halogens is 3. The van der Waals surface area contributed by atoms with E-state index in [0.717, 1.165) is 24.2 Å². The van der Waals surface area contributed by atoms with Gasteiger partial charge in [0, 0.05) is 49.4 Å². The summed E-state index contributed by atoms with van der Waals surface area (Å²) < 4.78 is 48.2. The largest absolute Gasteiger partial charge is 0.464 e. The number of alkyl halides is 3. The predicted octanol–water partition coefficient (Wildman–Crippen LogP) is 1.28. The van der Waals surface area contributed by atoms with E-state index in [9.17, 15) is 18.4 Å². The summed E-state index contributed by atoms with van der Waals surface area (Å²) in [5.41, 5.74) is -0.0624. The zero-order valence-electron chi connectivity index (χ0n) is 17.6. The number of piperazine rings is 1. The van der Waals surface area contributed by atoms with Crippen LogP contribution in [0.2, 0.25) is 0 Å². The van der Waals surface area contributed by atoms with Crippen molar-refractivity contribution in [2.75, 3.05) is 32.8 Å². The van der Waals surface area contributed by atoms with E-state index in [0.29, 0.717) is 31.1 Å². The molecular formula is C21H21F3N6O2S. The van der Waals surface area contributed by atoms with Crippen molar-refractivity contribution >= 4 is 34.9 Å². The maximum atomic E-state index is 14.2. The number of ether oxygens (including phenoxy) is 1. The van der Waals surface area contributed by atoms with Crippen molar-refractivity contribution in [2.45, 2.75) is 23.4 Å². The second kappa shape index (κ2) is 8.50. The Labute approximate surface area is 191 Å². The quantitative estimate of drug-likeness (QED) is 0.629. The smallest absolute Gasteiger partial charge is 0.417 e. The molecule has 0 spiro atoms. The topological polar surface area (TPSA) is 85.6 Å². The summed E-state index contributed by atoms with van der Waals surface area (Å²) in [5.74, 6) is 0.642. The fraction of sp³-hybridized carbons (Fsp3) is 0.381. The number of aromatic nitrogens is 1. The molecule has 4 aliphatic rings. The molecule has 8 nitrogen and oxygen atoms in total. The molecule has 0 aromatic carbocycles. The first kappa shape index (κ1) is 22.0. The van der Waals surface area contributed by atoms with Gasteiger partial charge >= 0.3 is 12.2 Å². The van der Waals surface area contributed by atoms with Crippen LogP contribution in [0.5, 0.6) is 0 Å². The molecule has 0 aliphatic carbocycles. The maximum Gasteiger partial charge on any atom is 0.417 e. The van der Waals surface area contributed by atoms with Gasteiger partial charge in [0.15, 0.2) is 0 Å². The van der Waals surface area contributed by atoms with Crippen LogP contribution in [0, 0.1) is 0 Å². The molecule has 0 saturated carbocycles. The minimum atomic E-state index is -4.61. The molecule has 4 aliphatic heterocycles. The van der Waals surface area contributed by atoms with Gasteiger partial charge < -0.3 is 15.0 Å². The first-order valence-corrected chi connectivity index (χ1v) is 11.4. The zero-order valence-corrected chi connectivity index (χ0v) is 18.4. The van der Waals surface area contributed by atoms with E-state index in [1.165, 1.54) is 36.3 Å². The third-order valence-electron chi connectivity index (χ3n) is 5.51. The van der Waals surface area contributed by atoms with Crippen LogP contribution in [0.4, 0.5) is 13.2 Å². The van der Waals surface area contributed by atoms with E-state index in [4.69, 9.17) is 4.74 Å². The summed E-state index contributed by atoms with van der Waals surface area (Å²) in [6.45, 7) is 4.98. The molecule has 0 bridgehead atoms. The van der Waals surface area contributed by atoms with Crippen molar-refractivity contribution in [3.05, 3.63) is 46.7 Å². The van der Waals surface area contributed by atoms with Gasteiger partial charge in [0.25, 0.3) is 0 Å². The van der Waals surface area contributed by atoms with Gasteiger partial charge in [-0.05, 0) is 25.1 Å². The number of nitrogens with zero attached hydrogens (tertiary/aromatic N) is 5. The lowest BCUT2D eigenvalue weighted by Crippen LogP contribution is -2.50. The molecule has 1 aromatic rings. The Balaban J connectivity index is 1.72. The van der Waals surface area contributed by atoms with Crippen LogP contribution in [0.15, 0.2) is 45.6 Å². The van der Waals surface area contributed by atoms with Gasteiger partial charge in [0.05, 0.1) is 23.2 Å². The van der Waals surface area contributed by atoms with Gasteiger partial charge in [-0.25, -0.2) is 10.0 Å². The molecule has 5 rings (SSSR count). The molecule has 1 unspecified atom stereocenters. The molecule has 174 valence electrons. The van der Waals surface area contributed by atoms with E-state index in [2.05, 4.69) is 25.2 Å². The SMILES string of the molecule is CCOC1=NC2=c3c(C(F)(F)F)cc(=C4C=CN(O)C=C4)nc3SC2C(N2CCNCC2)=N1.